The summed E-state index contributed by atoms with van der Waals surface area (Å²) in [6.45, 7) is 1.99. The van der Waals surface area contributed by atoms with Crippen molar-refractivity contribution in [2.24, 2.45) is 0 Å². The van der Waals surface area contributed by atoms with Crippen LogP contribution in [0.2, 0.25) is 5.02 Å². The molecule has 2 heterocycles. The molecule has 0 unspecified atom stereocenters. The Morgan fingerprint density at radius 1 is 1.41 bits per heavy atom. The second-order valence-corrected chi connectivity index (χ2v) is 5.22. The van der Waals surface area contributed by atoms with Gasteiger partial charge in [-0.05, 0) is 36.1 Å². The molecule has 0 aliphatic carbocycles. The van der Waals surface area contributed by atoms with Crippen LogP contribution in [0.25, 0.3) is 21.7 Å². The third kappa shape index (κ3) is 1.69. The number of H-pyrrole nitrogens is 1. The summed E-state index contributed by atoms with van der Waals surface area (Å²) in [6.07, 6.45) is 0. The van der Waals surface area contributed by atoms with Crippen molar-refractivity contribution in [2.45, 2.75) is 6.92 Å². The zero-order valence-corrected chi connectivity index (χ0v) is 10.7. The van der Waals surface area contributed by atoms with Gasteiger partial charge in [0.2, 0.25) is 0 Å². The number of nitrogens with zero attached hydrogens (tertiary/aromatic N) is 1. The maximum atomic E-state index is 6.01. The van der Waals surface area contributed by atoms with Crippen molar-refractivity contribution < 1.29 is 0 Å². The normalized spacial score (nSPS) is 11.2. The fourth-order valence-corrected chi connectivity index (χ4v) is 2.82. The molecule has 0 amide bonds. The molecule has 3 N–H and O–H groups in total. The van der Waals surface area contributed by atoms with Crippen LogP contribution < -0.4 is 5.73 Å². The minimum absolute atomic E-state index is 0.697. The Kier molecular flexibility index (Phi) is 2.34. The van der Waals surface area contributed by atoms with Crippen LogP contribution in [-0.2, 0) is 0 Å². The predicted molar refractivity (Wildman–Crippen MR) is 73.6 cm³/mol. The van der Waals surface area contributed by atoms with Crippen LogP contribution in [-0.4, -0.2) is 9.97 Å². The summed E-state index contributed by atoms with van der Waals surface area (Å²) in [6, 6.07) is 5.59. The van der Waals surface area contributed by atoms with Crippen molar-refractivity contribution in [2.75, 3.05) is 5.73 Å². The van der Waals surface area contributed by atoms with Gasteiger partial charge in [-0.3, -0.25) is 0 Å². The first-order chi connectivity index (χ1) is 8.15. The molecular weight excluding hydrogens is 254 g/mol. The van der Waals surface area contributed by atoms with Crippen LogP contribution in [0.15, 0.2) is 23.6 Å². The lowest BCUT2D eigenvalue weighted by molar-refractivity contribution is 1.35. The Balaban J connectivity index is 2.21. The largest absolute Gasteiger partial charge is 0.397 e. The zero-order valence-electron chi connectivity index (χ0n) is 9.12. The number of thiophene rings is 1. The third-order valence-electron chi connectivity index (χ3n) is 2.68. The van der Waals surface area contributed by atoms with Crippen molar-refractivity contribution in [1.82, 2.24) is 9.97 Å². The van der Waals surface area contributed by atoms with E-state index in [0.29, 0.717) is 5.02 Å². The summed E-state index contributed by atoms with van der Waals surface area (Å²) >= 11 is 7.54. The molecule has 0 atom stereocenters. The van der Waals surface area contributed by atoms with Crippen LogP contribution in [0.1, 0.15) is 5.56 Å². The van der Waals surface area contributed by atoms with Gasteiger partial charge in [0.1, 0.15) is 0 Å². The molecule has 1 aromatic carbocycles. The van der Waals surface area contributed by atoms with Crippen LogP contribution >= 0.6 is 22.9 Å². The average molecular weight is 264 g/mol. The standard InChI is InChI=1S/C12H10ClN3S/c1-6-5-17-11(10(6)14)12-15-8-3-2-7(13)4-9(8)16-12/h2-5H,14H2,1H3,(H,15,16). The van der Waals surface area contributed by atoms with E-state index in [9.17, 15) is 0 Å². The van der Waals surface area contributed by atoms with Gasteiger partial charge in [0.25, 0.3) is 0 Å². The number of hydrogen-bond donors (Lipinski definition) is 2. The lowest BCUT2D eigenvalue weighted by atomic mass is 10.3. The lowest BCUT2D eigenvalue weighted by Gasteiger charge is -1.94. The number of aromatic amines is 1. The fourth-order valence-electron chi connectivity index (χ4n) is 1.73. The number of fused-ring (bicyclic) bond motifs is 1. The van der Waals surface area contributed by atoms with Gasteiger partial charge in [0.05, 0.1) is 21.6 Å². The van der Waals surface area contributed by atoms with Gasteiger partial charge >= 0.3 is 0 Å². The molecule has 0 aliphatic heterocycles. The molecule has 17 heavy (non-hydrogen) atoms. The van der Waals surface area contributed by atoms with E-state index in [-0.39, 0.29) is 0 Å². The summed E-state index contributed by atoms with van der Waals surface area (Å²) in [4.78, 5) is 8.74. The van der Waals surface area contributed by atoms with Gasteiger partial charge in [-0.25, -0.2) is 4.98 Å². The van der Waals surface area contributed by atoms with Crippen LogP contribution in [0, 0.1) is 6.92 Å². The first-order valence-electron chi connectivity index (χ1n) is 5.14. The highest BCUT2D eigenvalue weighted by molar-refractivity contribution is 7.14. The highest BCUT2D eigenvalue weighted by Crippen LogP contribution is 2.34. The molecule has 0 spiro atoms. The molecule has 3 aromatic rings. The molecule has 0 radical (unpaired) electrons. The predicted octanol–water partition coefficient (Wildman–Crippen LogP) is 3.84. The second kappa shape index (κ2) is 3.75. The fraction of sp³-hybridized carbons (Fsp3) is 0.0833. The summed E-state index contributed by atoms with van der Waals surface area (Å²) in [5, 5.41) is 2.73. The van der Waals surface area contributed by atoms with Crippen molar-refractivity contribution >= 4 is 39.7 Å². The van der Waals surface area contributed by atoms with Gasteiger partial charge in [-0.15, -0.1) is 11.3 Å². The number of aryl methyl sites for hydroxylation is 1. The highest BCUT2D eigenvalue weighted by atomic mass is 35.5. The number of imidazole rings is 1. The van der Waals surface area contributed by atoms with Crippen molar-refractivity contribution in [3.8, 4) is 10.7 Å². The first-order valence-corrected chi connectivity index (χ1v) is 6.40. The molecule has 0 saturated carbocycles. The monoisotopic (exact) mass is 263 g/mol. The molecular formula is C12H10ClN3S. The Morgan fingerprint density at radius 3 is 2.94 bits per heavy atom. The number of nitrogen functional groups attached to an aromatic ring is 1. The third-order valence-corrected chi connectivity index (χ3v) is 4.04. The first kappa shape index (κ1) is 10.6. The second-order valence-electron chi connectivity index (χ2n) is 3.91. The summed E-state index contributed by atoms with van der Waals surface area (Å²) < 4.78 is 0. The average Bonchev–Trinajstić information content (AvgIpc) is 2.83. The van der Waals surface area contributed by atoms with E-state index in [1.54, 1.807) is 11.3 Å². The Labute approximate surface area is 107 Å². The number of halogens is 1. The molecule has 3 nitrogen and oxygen atoms in total. The Bertz CT molecular complexity index is 699. The summed E-state index contributed by atoms with van der Waals surface area (Å²) in [5.74, 6) is 0.804. The van der Waals surface area contributed by atoms with Crippen molar-refractivity contribution in [1.29, 1.82) is 0 Å². The summed E-state index contributed by atoms with van der Waals surface area (Å²) in [7, 11) is 0. The molecule has 0 saturated heterocycles. The quantitative estimate of drug-likeness (QED) is 0.701. The Hall–Kier alpha value is -1.52. The zero-order chi connectivity index (χ0) is 12.0. The van der Waals surface area contributed by atoms with E-state index in [0.717, 1.165) is 33.0 Å². The van der Waals surface area contributed by atoms with Gasteiger partial charge in [0.15, 0.2) is 5.82 Å². The van der Waals surface area contributed by atoms with Crippen molar-refractivity contribution in [3.05, 3.63) is 34.2 Å². The van der Waals surface area contributed by atoms with E-state index >= 15 is 0 Å². The van der Waals surface area contributed by atoms with Crippen LogP contribution in [0.5, 0.6) is 0 Å². The molecule has 0 aliphatic rings. The smallest absolute Gasteiger partial charge is 0.150 e. The maximum absolute atomic E-state index is 6.01. The van der Waals surface area contributed by atoms with E-state index in [1.165, 1.54) is 0 Å². The van der Waals surface area contributed by atoms with Gasteiger partial charge in [-0.1, -0.05) is 11.6 Å². The number of aromatic nitrogens is 2. The minimum Gasteiger partial charge on any atom is -0.397 e. The van der Waals surface area contributed by atoms with Gasteiger partial charge < -0.3 is 10.7 Å². The van der Waals surface area contributed by atoms with E-state index in [4.69, 9.17) is 17.3 Å². The van der Waals surface area contributed by atoms with E-state index in [1.807, 2.05) is 30.5 Å². The highest BCUT2D eigenvalue weighted by Gasteiger charge is 2.12. The molecule has 2 aromatic heterocycles. The molecule has 3 rings (SSSR count). The van der Waals surface area contributed by atoms with E-state index < -0.39 is 0 Å². The van der Waals surface area contributed by atoms with Crippen LogP contribution in [0.3, 0.4) is 0 Å². The SMILES string of the molecule is Cc1csc(-c2nc3ccc(Cl)cc3[nH]2)c1N. The van der Waals surface area contributed by atoms with E-state index in [2.05, 4.69) is 9.97 Å². The van der Waals surface area contributed by atoms with Gasteiger partial charge in [-0.2, -0.15) is 0 Å². The molecule has 0 fully saturated rings. The van der Waals surface area contributed by atoms with Crippen molar-refractivity contribution in [3.63, 3.8) is 0 Å². The topological polar surface area (TPSA) is 54.7 Å². The van der Waals surface area contributed by atoms with Gasteiger partial charge in [0, 0.05) is 5.02 Å². The molecule has 5 heteroatoms. The molecule has 0 bridgehead atoms. The number of anilines is 1. The minimum atomic E-state index is 0.697. The number of nitrogens with two attached hydrogens (primary N) is 1. The number of hydrogen-bond acceptors (Lipinski definition) is 3. The molecule has 86 valence electrons. The number of nitrogens with one attached hydrogen (secondary N) is 1. The maximum Gasteiger partial charge on any atom is 0.150 e. The number of benzene rings is 1. The lowest BCUT2D eigenvalue weighted by Crippen LogP contribution is -1.87. The summed E-state index contributed by atoms with van der Waals surface area (Å²) in [5.41, 5.74) is 9.72. The Morgan fingerprint density at radius 2 is 2.24 bits per heavy atom. The number of rotatable bonds is 1. The van der Waals surface area contributed by atoms with Crippen LogP contribution in [0.4, 0.5) is 5.69 Å².